The lowest BCUT2D eigenvalue weighted by atomic mass is 10.1. The van der Waals surface area contributed by atoms with Gasteiger partial charge in [0.05, 0.1) is 5.02 Å². The van der Waals surface area contributed by atoms with Crippen LogP contribution >= 0.6 is 11.6 Å². The van der Waals surface area contributed by atoms with Gasteiger partial charge in [-0.3, -0.25) is 0 Å². The number of hydrogen-bond acceptors (Lipinski definition) is 0. The Kier molecular flexibility index (Phi) is 2.88. The lowest BCUT2D eigenvalue weighted by Gasteiger charge is -2.05. The van der Waals surface area contributed by atoms with E-state index in [0.717, 1.165) is 18.2 Å². The van der Waals surface area contributed by atoms with Gasteiger partial charge in [-0.05, 0) is 30.3 Å². The van der Waals surface area contributed by atoms with Gasteiger partial charge < -0.3 is 0 Å². The fourth-order valence-corrected chi connectivity index (χ4v) is 1.68. The van der Waals surface area contributed by atoms with E-state index >= 15 is 0 Å². The monoisotopic (exact) mass is 242 g/mol. The van der Waals surface area contributed by atoms with Gasteiger partial charge in [0.1, 0.15) is 17.5 Å². The minimum absolute atomic E-state index is 0.0884. The van der Waals surface area contributed by atoms with Gasteiger partial charge in [0.15, 0.2) is 0 Å². The molecule has 16 heavy (non-hydrogen) atoms. The van der Waals surface area contributed by atoms with E-state index < -0.39 is 17.5 Å². The van der Waals surface area contributed by atoms with Gasteiger partial charge in [0.2, 0.25) is 0 Å². The van der Waals surface area contributed by atoms with Crippen LogP contribution in [0.25, 0.3) is 11.1 Å². The Balaban J connectivity index is 2.59. The maximum atomic E-state index is 13.4. The number of benzene rings is 2. The van der Waals surface area contributed by atoms with Crippen molar-refractivity contribution in [2.24, 2.45) is 0 Å². The molecule has 0 bridgehead atoms. The standard InChI is InChI=1S/C12H6ClF3/c13-11-5-7(14)1-3-9(11)10-4-2-8(15)6-12(10)16/h1-6H. The molecule has 0 aromatic heterocycles. The molecule has 4 heteroatoms. The molecule has 0 radical (unpaired) electrons. The molecular formula is C12H6ClF3. The molecule has 2 aromatic rings. The summed E-state index contributed by atoms with van der Waals surface area (Å²) < 4.78 is 38.9. The molecule has 0 saturated heterocycles. The van der Waals surface area contributed by atoms with Crippen LogP contribution < -0.4 is 0 Å². The molecule has 0 fully saturated rings. The Morgan fingerprint density at radius 2 is 1.31 bits per heavy atom. The van der Waals surface area contributed by atoms with E-state index in [1.54, 1.807) is 0 Å². The van der Waals surface area contributed by atoms with Gasteiger partial charge in [-0.1, -0.05) is 11.6 Å². The summed E-state index contributed by atoms with van der Waals surface area (Å²) in [5, 5.41) is 0.0884. The van der Waals surface area contributed by atoms with Gasteiger partial charge in [-0.25, -0.2) is 13.2 Å². The van der Waals surface area contributed by atoms with E-state index in [2.05, 4.69) is 0 Å². The van der Waals surface area contributed by atoms with Crippen molar-refractivity contribution >= 4 is 11.6 Å². The summed E-state index contributed by atoms with van der Waals surface area (Å²) in [5.74, 6) is -1.90. The van der Waals surface area contributed by atoms with E-state index in [9.17, 15) is 13.2 Å². The van der Waals surface area contributed by atoms with E-state index in [-0.39, 0.29) is 10.6 Å². The zero-order valence-corrected chi connectivity index (χ0v) is 8.73. The van der Waals surface area contributed by atoms with Crippen molar-refractivity contribution in [3.8, 4) is 11.1 Å². The number of rotatable bonds is 1. The normalized spacial score (nSPS) is 10.5. The van der Waals surface area contributed by atoms with Crippen LogP contribution in [-0.2, 0) is 0 Å². The SMILES string of the molecule is Fc1ccc(-c2ccc(F)cc2Cl)c(F)c1. The quantitative estimate of drug-likeness (QED) is 0.694. The molecule has 0 unspecified atom stereocenters. The highest BCUT2D eigenvalue weighted by molar-refractivity contribution is 6.33. The first-order valence-corrected chi connectivity index (χ1v) is 4.86. The molecule has 0 nitrogen and oxygen atoms in total. The van der Waals surface area contributed by atoms with Crippen LogP contribution in [0.2, 0.25) is 5.02 Å². The fraction of sp³-hybridized carbons (Fsp3) is 0. The third kappa shape index (κ3) is 2.04. The van der Waals surface area contributed by atoms with Crippen LogP contribution in [0.4, 0.5) is 13.2 Å². The summed E-state index contributed by atoms with van der Waals surface area (Å²) >= 11 is 5.78. The Bertz CT molecular complexity index is 488. The third-order valence-corrected chi connectivity index (χ3v) is 2.47. The second-order valence-electron chi connectivity index (χ2n) is 3.25. The van der Waals surface area contributed by atoms with Crippen molar-refractivity contribution < 1.29 is 13.2 Å². The fourth-order valence-electron chi connectivity index (χ4n) is 1.42. The summed E-state index contributed by atoms with van der Waals surface area (Å²) in [6, 6.07) is 6.76. The molecular weight excluding hydrogens is 237 g/mol. The van der Waals surface area contributed by atoms with E-state index in [0.29, 0.717) is 5.56 Å². The first-order chi connectivity index (χ1) is 7.58. The van der Waals surface area contributed by atoms with E-state index in [1.165, 1.54) is 18.2 Å². The zero-order chi connectivity index (χ0) is 11.7. The molecule has 0 atom stereocenters. The van der Waals surface area contributed by atoms with Crippen LogP contribution in [0.15, 0.2) is 36.4 Å². The minimum Gasteiger partial charge on any atom is -0.207 e. The van der Waals surface area contributed by atoms with Crippen LogP contribution in [-0.4, -0.2) is 0 Å². The smallest absolute Gasteiger partial charge is 0.133 e. The maximum Gasteiger partial charge on any atom is 0.133 e. The molecule has 0 heterocycles. The van der Waals surface area contributed by atoms with Gasteiger partial charge in [-0.2, -0.15) is 0 Å². The van der Waals surface area contributed by atoms with Crippen LogP contribution in [0.1, 0.15) is 0 Å². The van der Waals surface area contributed by atoms with E-state index in [4.69, 9.17) is 11.6 Å². The molecule has 0 spiro atoms. The van der Waals surface area contributed by atoms with Gasteiger partial charge in [0.25, 0.3) is 0 Å². The molecule has 0 saturated carbocycles. The summed E-state index contributed by atoms with van der Waals surface area (Å²) in [6.45, 7) is 0. The van der Waals surface area contributed by atoms with Crippen LogP contribution in [0.5, 0.6) is 0 Å². The average Bonchev–Trinajstić information content (AvgIpc) is 2.19. The summed E-state index contributed by atoms with van der Waals surface area (Å²) in [4.78, 5) is 0. The molecule has 2 rings (SSSR count). The summed E-state index contributed by atoms with van der Waals surface area (Å²) in [5.41, 5.74) is 0.479. The third-order valence-electron chi connectivity index (χ3n) is 2.15. The summed E-state index contributed by atoms with van der Waals surface area (Å²) in [6.07, 6.45) is 0. The first kappa shape index (κ1) is 11.0. The largest absolute Gasteiger partial charge is 0.207 e. The molecule has 0 N–H and O–H groups in total. The first-order valence-electron chi connectivity index (χ1n) is 4.48. The van der Waals surface area contributed by atoms with Crippen molar-refractivity contribution in [3.63, 3.8) is 0 Å². The predicted octanol–water partition coefficient (Wildman–Crippen LogP) is 4.42. The molecule has 82 valence electrons. The van der Waals surface area contributed by atoms with Crippen molar-refractivity contribution in [1.29, 1.82) is 0 Å². The van der Waals surface area contributed by atoms with Crippen molar-refractivity contribution in [3.05, 3.63) is 58.9 Å². The second kappa shape index (κ2) is 4.18. The second-order valence-corrected chi connectivity index (χ2v) is 3.66. The molecule has 0 aliphatic heterocycles. The van der Waals surface area contributed by atoms with Crippen LogP contribution in [0, 0.1) is 17.5 Å². The summed E-state index contributed by atoms with van der Waals surface area (Å²) in [7, 11) is 0. The predicted molar refractivity (Wildman–Crippen MR) is 56.8 cm³/mol. The van der Waals surface area contributed by atoms with Crippen molar-refractivity contribution in [2.45, 2.75) is 0 Å². The maximum absolute atomic E-state index is 13.4. The number of hydrogen-bond donors (Lipinski definition) is 0. The minimum atomic E-state index is -0.728. The molecule has 0 amide bonds. The van der Waals surface area contributed by atoms with Gasteiger partial charge in [-0.15, -0.1) is 0 Å². The average molecular weight is 243 g/mol. The highest BCUT2D eigenvalue weighted by Crippen LogP contribution is 2.30. The van der Waals surface area contributed by atoms with Crippen molar-refractivity contribution in [2.75, 3.05) is 0 Å². The van der Waals surface area contributed by atoms with Gasteiger partial charge in [0, 0.05) is 17.2 Å². The van der Waals surface area contributed by atoms with Gasteiger partial charge >= 0.3 is 0 Å². The highest BCUT2D eigenvalue weighted by Gasteiger charge is 2.10. The lowest BCUT2D eigenvalue weighted by molar-refractivity contribution is 0.585. The topological polar surface area (TPSA) is 0 Å². The zero-order valence-electron chi connectivity index (χ0n) is 7.98. The molecule has 0 aliphatic carbocycles. The Morgan fingerprint density at radius 1 is 0.750 bits per heavy atom. The highest BCUT2D eigenvalue weighted by atomic mass is 35.5. The Hall–Kier alpha value is -1.48. The number of halogens is 4. The Labute approximate surface area is 95.3 Å². The van der Waals surface area contributed by atoms with E-state index in [1.807, 2.05) is 0 Å². The molecule has 0 aliphatic rings. The van der Waals surface area contributed by atoms with Crippen LogP contribution in [0.3, 0.4) is 0 Å². The Morgan fingerprint density at radius 3 is 1.88 bits per heavy atom. The molecule has 2 aromatic carbocycles. The lowest BCUT2D eigenvalue weighted by Crippen LogP contribution is -1.88. The van der Waals surface area contributed by atoms with Crippen molar-refractivity contribution in [1.82, 2.24) is 0 Å².